The van der Waals surface area contributed by atoms with Crippen molar-refractivity contribution in [1.82, 2.24) is 10.2 Å². The standard InChI is InChI=1S/C12H12IN3O2/c1-7-3-4-10(18-2)9(5-7)15-12(17)11-8(13)6-14-16-11/h3-6H,1-2H3,(H,14,16)(H,15,17). The Morgan fingerprint density at radius 1 is 1.50 bits per heavy atom. The second-order valence-electron chi connectivity index (χ2n) is 3.75. The van der Waals surface area contributed by atoms with Crippen LogP contribution in [0.4, 0.5) is 5.69 Å². The van der Waals surface area contributed by atoms with Crippen LogP contribution in [0.25, 0.3) is 0 Å². The molecule has 6 heteroatoms. The average Bonchev–Trinajstić information content (AvgIpc) is 2.76. The molecule has 1 aromatic carbocycles. The van der Waals surface area contributed by atoms with Crippen LogP contribution in [0.2, 0.25) is 0 Å². The summed E-state index contributed by atoms with van der Waals surface area (Å²) < 4.78 is 5.98. The minimum absolute atomic E-state index is 0.235. The number of nitrogens with zero attached hydrogens (tertiary/aromatic N) is 1. The average molecular weight is 357 g/mol. The molecule has 0 radical (unpaired) electrons. The number of halogens is 1. The molecule has 0 spiro atoms. The van der Waals surface area contributed by atoms with Crippen LogP contribution in [-0.4, -0.2) is 23.2 Å². The minimum atomic E-state index is -0.235. The van der Waals surface area contributed by atoms with Gasteiger partial charge in [0.1, 0.15) is 11.4 Å². The molecule has 1 heterocycles. The monoisotopic (exact) mass is 357 g/mol. The number of methoxy groups -OCH3 is 1. The number of rotatable bonds is 3. The number of aromatic amines is 1. The number of nitrogens with one attached hydrogen (secondary N) is 2. The van der Waals surface area contributed by atoms with Crippen molar-refractivity contribution in [1.29, 1.82) is 0 Å². The summed E-state index contributed by atoms with van der Waals surface area (Å²) >= 11 is 2.05. The second-order valence-corrected chi connectivity index (χ2v) is 4.91. The van der Waals surface area contributed by atoms with Crippen molar-refractivity contribution in [3.05, 3.63) is 39.2 Å². The highest BCUT2D eigenvalue weighted by atomic mass is 127. The predicted molar refractivity (Wildman–Crippen MR) is 77.0 cm³/mol. The van der Waals surface area contributed by atoms with Gasteiger partial charge in [0, 0.05) is 0 Å². The number of anilines is 1. The molecule has 0 aliphatic rings. The summed E-state index contributed by atoms with van der Waals surface area (Å²) in [5.74, 6) is 0.393. The number of aryl methyl sites for hydroxylation is 1. The molecule has 0 aliphatic heterocycles. The number of carbonyl (C=O) groups is 1. The van der Waals surface area contributed by atoms with Gasteiger partial charge in [0.2, 0.25) is 0 Å². The summed E-state index contributed by atoms with van der Waals surface area (Å²) in [6.07, 6.45) is 1.60. The van der Waals surface area contributed by atoms with Gasteiger partial charge in [-0.05, 0) is 47.2 Å². The normalized spacial score (nSPS) is 10.2. The van der Waals surface area contributed by atoms with E-state index in [1.165, 1.54) is 0 Å². The molecular formula is C12H12IN3O2. The third-order valence-corrected chi connectivity index (χ3v) is 3.24. The molecule has 0 saturated carbocycles. The summed E-state index contributed by atoms with van der Waals surface area (Å²) in [6, 6.07) is 5.61. The van der Waals surface area contributed by atoms with E-state index in [-0.39, 0.29) is 5.91 Å². The summed E-state index contributed by atoms with van der Waals surface area (Å²) in [6.45, 7) is 1.95. The van der Waals surface area contributed by atoms with Gasteiger partial charge in [-0.3, -0.25) is 9.89 Å². The van der Waals surface area contributed by atoms with Crippen molar-refractivity contribution >= 4 is 34.2 Å². The molecule has 0 bridgehead atoms. The van der Waals surface area contributed by atoms with E-state index in [1.54, 1.807) is 13.3 Å². The number of ether oxygens (including phenoxy) is 1. The second kappa shape index (κ2) is 5.38. The summed E-state index contributed by atoms with van der Waals surface area (Å²) in [7, 11) is 1.57. The zero-order chi connectivity index (χ0) is 13.1. The summed E-state index contributed by atoms with van der Waals surface area (Å²) in [4.78, 5) is 12.0. The maximum absolute atomic E-state index is 12.0. The molecule has 94 valence electrons. The van der Waals surface area contributed by atoms with E-state index in [1.807, 2.05) is 25.1 Å². The van der Waals surface area contributed by atoms with E-state index < -0.39 is 0 Å². The van der Waals surface area contributed by atoms with E-state index in [0.717, 1.165) is 9.13 Å². The van der Waals surface area contributed by atoms with E-state index in [2.05, 4.69) is 38.1 Å². The molecule has 0 atom stereocenters. The van der Waals surface area contributed by atoms with Crippen LogP contribution in [0.1, 0.15) is 16.1 Å². The first-order valence-corrected chi connectivity index (χ1v) is 6.34. The zero-order valence-electron chi connectivity index (χ0n) is 9.95. The summed E-state index contributed by atoms with van der Waals surface area (Å²) in [5.41, 5.74) is 2.14. The van der Waals surface area contributed by atoms with Crippen molar-refractivity contribution in [3.8, 4) is 5.75 Å². The molecule has 0 aliphatic carbocycles. The van der Waals surface area contributed by atoms with Gasteiger partial charge in [-0.2, -0.15) is 5.10 Å². The lowest BCUT2D eigenvalue weighted by Gasteiger charge is -2.10. The minimum Gasteiger partial charge on any atom is -0.495 e. The number of hydrogen-bond acceptors (Lipinski definition) is 3. The van der Waals surface area contributed by atoms with Gasteiger partial charge in [-0.15, -0.1) is 0 Å². The van der Waals surface area contributed by atoms with Gasteiger partial charge in [0.15, 0.2) is 0 Å². The highest BCUT2D eigenvalue weighted by molar-refractivity contribution is 14.1. The van der Waals surface area contributed by atoms with Crippen molar-refractivity contribution in [2.45, 2.75) is 6.92 Å². The van der Waals surface area contributed by atoms with Crippen LogP contribution >= 0.6 is 22.6 Å². The van der Waals surface area contributed by atoms with Crippen LogP contribution in [0, 0.1) is 10.5 Å². The fourth-order valence-corrected chi connectivity index (χ4v) is 2.04. The predicted octanol–water partition coefficient (Wildman–Crippen LogP) is 2.58. The Bertz CT molecular complexity index is 580. The maximum Gasteiger partial charge on any atom is 0.274 e. The highest BCUT2D eigenvalue weighted by Gasteiger charge is 2.14. The molecule has 0 unspecified atom stereocenters. The lowest BCUT2D eigenvalue weighted by atomic mass is 10.2. The topological polar surface area (TPSA) is 67.0 Å². The molecule has 1 amide bonds. The van der Waals surface area contributed by atoms with Crippen molar-refractivity contribution in [2.24, 2.45) is 0 Å². The molecule has 0 saturated heterocycles. The van der Waals surface area contributed by atoms with Crippen LogP contribution in [0.3, 0.4) is 0 Å². The Kier molecular flexibility index (Phi) is 3.85. The fraction of sp³-hybridized carbons (Fsp3) is 0.167. The fourth-order valence-electron chi connectivity index (χ4n) is 1.54. The van der Waals surface area contributed by atoms with Gasteiger partial charge in [-0.1, -0.05) is 6.07 Å². The number of carbonyl (C=O) groups excluding carboxylic acids is 1. The Morgan fingerprint density at radius 2 is 2.28 bits per heavy atom. The first-order valence-electron chi connectivity index (χ1n) is 5.26. The van der Waals surface area contributed by atoms with Crippen molar-refractivity contribution < 1.29 is 9.53 Å². The molecule has 0 fully saturated rings. The van der Waals surface area contributed by atoms with Crippen LogP contribution in [0.15, 0.2) is 24.4 Å². The van der Waals surface area contributed by atoms with E-state index >= 15 is 0 Å². The smallest absolute Gasteiger partial charge is 0.274 e. The Morgan fingerprint density at radius 3 is 2.89 bits per heavy atom. The van der Waals surface area contributed by atoms with E-state index in [0.29, 0.717) is 17.1 Å². The van der Waals surface area contributed by atoms with Crippen LogP contribution in [0.5, 0.6) is 5.75 Å². The van der Waals surface area contributed by atoms with Crippen LogP contribution in [-0.2, 0) is 0 Å². The molecule has 1 aromatic heterocycles. The number of hydrogen-bond donors (Lipinski definition) is 2. The summed E-state index contributed by atoms with van der Waals surface area (Å²) in [5, 5.41) is 9.29. The van der Waals surface area contributed by atoms with Gasteiger partial charge in [0.25, 0.3) is 5.91 Å². The highest BCUT2D eigenvalue weighted by Crippen LogP contribution is 2.25. The number of H-pyrrole nitrogens is 1. The van der Waals surface area contributed by atoms with E-state index in [4.69, 9.17) is 4.74 Å². The molecule has 18 heavy (non-hydrogen) atoms. The number of benzene rings is 1. The van der Waals surface area contributed by atoms with Gasteiger partial charge in [-0.25, -0.2) is 0 Å². The molecule has 2 rings (SSSR count). The van der Waals surface area contributed by atoms with Gasteiger partial charge < -0.3 is 10.1 Å². The molecular weight excluding hydrogens is 345 g/mol. The third-order valence-electron chi connectivity index (χ3n) is 2.42. The lowest BCUT2D eigenvalue weighted by Crippen LogP contribution is -2.14. The Labute approximate surface area is 118 Å². The lowest BCUT2D eigenvalue weighted by molar-refractivity contribution is 0.102. The Hall–Kier alpha value is -1.57. The number of aromatic nitrogens is 2. The quantitative estimate of drug-likeness (QED) is 0.830. The number of amides is 1. The first kappa shape index (κ1) is 12.9. The van der Waals surface area contributed by atoms with E-state index in [9.17, 15) is 4.79 Å². The third kappa shape index (κ3) is 2.63. The first-order chi connectivity index (χ1) is 8.61. The van der Waals surface area contributed by atoms with Crippen molar-refractivity contribution in [2.75, 3.05) is 12.4 Å². The largest absolute Gasteiger partial charge is 0.495 e. The molecule has 5 nitrogen and oxygen atoms in total. The molecule has 2 N–H and O–H groups in total. The SMILES string of the molecule is COc1ccc(C)cc1NC(=O)c1[nH]ncc1I. The Balaban J connectivity index is 2.27. The van der Waals surface area contributed by atoms with Crippen molar-refractivity contribution in [3.63, 3.8) is 0 Å². The van der Waals surface area contributed by atoms with Gasteiger partial charge in [0.05, 0.1) is 22.6 Å². The zero-order valence-corrected chi connectivity index (χ0v) is 12.1. The maximum atomic E-state index is 12.0. The van der Waals surface area contributed by atoms with Gasteiger partial charge >= 0.3 is 0 Å². The molecule has 2 aromatic rings. The van der Waals surface area contributed by atoms with Crippen LogP contribution < -0.4 is 10.1 Å².